The van der Waals surface area contributed by atoms with Crippen LogP contribution in [0.25, 0.3) is 0 Å². The second-order valence-corrected chi connectivity index (χ2v) is 8.91. The molecule has 2 aromatic carbocycles. The maximum atomic E-state index is 13.7. The number of Topliss-reactive ketones (excluding diaryl/α,β-unsaturated/α-hetero) is 1. The molecule has 0 spiro atoms. The average molecular weight is 487 g/mol. The number of aromatic nitrogens is 1. The lowest BCUT2D eigenvalue weighted by Crippen LogP contribution is -2.36. The van der Waals surface area contributed by atoms with Gasteiger partial charge in [0.1, 0.15) is 11.5 Å². The van der Waals surface area contributed by atoms with Crippen LogP contribution in [0.4, 0.5) is 0 Å². The first-order valence-electron chi connectivity index (χ1n) is 11.7. The van der Waals surface area contributed by atoms with Crippen molar-refractivity contribution in [2.24, 2.45) is 0 Å². The van der Waals surface area contributed by atoms with Crippen LogP contribution in [-0.2, 0) is 20.9 Å². The van der Waals surface area contributed by atoms with Crippen LogP contribution >= 0.6 is 0 Å². The number of carbonyl (C=O) groups is 2. The second kappa shape index (κ2) is 9.73. The van der Waals surface area contributed by atoms with Crippen molar-refractivity contribution in [3.63, 3.8) is 0 Å². The molecule has 0 amide bonds. The van der Waals surface area contributed by atoms with Crippen molar-refractivity contribution in [3.05, 3.63) is 100 Å². The highest BCUT2D eigenvalue weighted by molar-refractivity contribution is 6.04. The van der Waals surface area contributed by atoms with Crippen molar-refractivity contribution < 1.29 is 28.7 Å². The van der Waals surface area contributed by atoms with Crippen LogP contribution in [0, 0.1) is 0 Å². The zero-order valence-electron chi connectivity index (χ0n) is 20.0. The van der Waals surface area contributed by atoms with Gasteiger partial charge in [-0.15, -0.1) is 0 Å². The van der Waals surface area contributed by atoms with E-state index in [1.165, 1.54) is 6.20 Å². The molecule has 184 valence electrons. The van der Waals surface area contributed by atoms with Crippen molar-refractivity contribution in [3.8, 4) is 11.5 Å². The number of benzene rings is 2. The van der Waals surface area contributed by atoms with Crippen molar-refractivity contribution in [2.75, 3.05) is 7.11 Å². The third kappa shape index (κ3) is 4.37. The molecular formula is C28H26N2O6. The first-order valence-corrected chi connectivity index (χ1v) is 11.7. The zero-order chi connectivity index (χ0) is 25.2. The number of esters is 1. The van der Waals surface area contributed by atoms with E-state index in [9.17, 15) is 14.7 Å². The van der Waals surface area contributed by atoms with Crippen molar-refractivity contribution in [1.82, 2.24) is 10.5 Å². The summed E-state index contributed by atoms with van der Waals surface area (Å²) in [5, 5.41) is 17.1. The van der Waals surface area contributed by atoms with E-state index in [2.05, 4.69) is 10.5 Å². The Balaban J connectivity index is 1.54. The van der Waals surface area contributed by atoms with Crippen molar-refractivity contribution >= 4 is 11.8 Å². The highest BCUT2D eigenvalue weighted by atomic mass is 16.5. The molecule has 0 bridgehead atoms. The smallest absolute Gasteiger partial charge is 0.337 e. The van der Waals surface area contributed by atoms with Crippen LogP contribution in [-0.4, -0.2) is 29.1 Å². The molecule has 1 aliphatic heterocycles. The van der Waals surface area contributed by atoms with Gasteiger partial charge in [0.2, 0.25) is 0 Å². The fourth-order valence-electron chi connectivity index (χ4n) is 5.10. The summed E-state index contributed by atoms with van der Waals surface area (Å²) in [5.74, 6) is -0.192. The molecule has 5 rings (SSSR count). The largest absolute Gasteiger partial charge is 0.508 e. The molecule has 2 aliphatic rings. The summed E-state index contributed by atoms with van der Waals surface area (Å²) < 4.78 is 16.1. The minimum absolute atomic E-state index is 0.0513. The van der Waals surface area contributed by atoms with Gasteiger partial charge in [-0.2, -0.15) is 0 Å². The predicted molar refractivity (Wildman–Crippen MR) is 130 cm³/mol. The Labute approximate surface area is 208 Å². The van der Waals surface area contributed by atoms with Gasteiger partial charge >= 0.3 is 5.97 Å². The topological polar surface area (TPSA) is 111 Å². The number of nitrogens with one attached hydrogen (secondary N) is 1. The fourth-order valence-corrected chi connectivity index (χ4v) is 5.10. The minimum atomic E-state index is -0.679. The van der Waals surface area contributed by atoms with E-state index in [0.29, 0.717) is 34.6 Å². The van der Waals surface area contributed by atoms with Gasteiger partial charge in [0.15, 0.2) is 18.2 Å². The molecule has 8 nitrogen and oxygen atoms in total. The highest BCUT2D eigenvalue weighted by Crippen LogP contribution is 2.47. The Morgan fingerprint density at radius 1 is 1.17 bits per heavy atom. The highest BCUT2D eigenvalue weighted by Gasteiger charge is 2.42. The zero-order valence-corrected chi connectivity index (χ0v) is 20.0. The van der Waals surface area contributed by atoms with E-state index >= 15 is 0 Å². The lowest BCUT2D eigenvalue weighted by atomic mass is 9.71. The van der Waals surface area contributed by atoms with Crippen molar-refractivity contribution in [2.45, 2.75) is 38.2 Å². The molecule has 0 fully saturated rings. The van der Waals surface area contributed by atoms with E-state index in [-0.39, 0.29) is 30.5 Å². The number of phenolic OH excluding ortho intramolecular Hbond substituents is 1. The number of hydrogen-bond donors (Lipinski definition) is 2. The van der Waals surface area contributed by atoms with Gasteiger partial charge in [-0.3, -0.25) is 4.79 Å². The number of ether oxygens (including phenoxy) is 2. The Kier molecular flexibility index (Phi) is 6.33. The summed E-state index contributed by atoms with van der Waals surface area (Å²) in [4.78, 5) is 27.0. The van der Waals surface area contributed by atoms with E-state index in [0.717, 1.165) is 17.0 Å². The Morgan fingerprint density at radius 3 is 2.75 bits per heavy atom. The number of hydrogen-bond acceptors (Lipinski definition) is 8. The molecule has 1 aliphatic carbocycles. The van der Waals surface area contributed by atoms with Gasteiger partial charge in [0, 0.05) is 41.3 Å². The van der Waals surface area contributed by atoms with E-state index in [1.54, 1.807) is 44.4 Å². The molecule has 1 aromatic heterocycles. The number of carbonyl (C=O) groups excluding carboxylic acids is 2. The van der Waals surface area contributed by atoms with Crippen molar-refractivity contribution in [1.29, 1.82) is 0 Å². The average Bonchev–Trinajstić information content (AvgIpc) is 3.40. The maximum Gasteiger partial charge on any atom is 0.337 e. The van der Waals surface area contributed by atoms with Crippen LogP contribution in [0.5, 0.6) is 11.5 Å². The van der Waals surface area contributed by atoms with E-state index in [4.69, 9.17) is 14.0 Å². The van der Waals surface area contributed by atoms with Crippen LogP contribution in [0.1, 0.15) is 48.5 Å². The number of dihydropyridines is 1. The third-order valence-electron chi connectivity index (χ3n) is 6.67. The van der Waals surface area contributed by atoms with Crippen LogP contribution < -0.4 is 10.1 Å². The van der Waals surface area contributed by atoms with E-state index < -0.39 is 11.9 Å². The number of allylic oxidation sites excluding steroid dienone is 3. The van der Waals surface area contributed by atoms with Gasteiger partial charge in [-0.25, -0.2) is 4.79 Å². The molecule has 2 atom stereocenters. The van der Waals surface area contributed by atoms with Crippen LogP contribution in [0.15, 0.2) is 87.9 Å². The normalized spacial score (nSPS) is 19.6. The maximum absolute atomic E-state index is 13.7. The first kappa shape index (κ1) is 23.4. The molecule has 2 heterocycles. The van der Waals surface area contributed by atoms with Gasteiger partial charge in [0.05, 0.1) is 18.9 Å². The molecule has 0 saturated heterocycles. The number of phenols is 1. The van der Waals surface area contributed by atoms with Gasteiger partial charge in [0.25, 0.3) is 0 Å². The molecule has 0 unspecified atom stereocenters. The summed E-state index contributed by atoms with van der Waals surface area (Å²) in [6.07, 6.45) is 2.32. The quantitative estimate of drug-likeness (QED) is 0.490. The third-order valence-corrected chi connectivity index (χ3v) is 6.67. The van der Waals surface area contributed by atoms with E-state index in [1.807, 2.05) is 24.3 Å². The fraction of sp³-hybridized carbons (Fsp3) is 0.250. The molecule has 8 heteroatoms. The predicted octanol–water partition coefficient (Wildman–Crippen LogP) is 4.49. The number of methoxy groups -OCH3 is 1. The second-order valence-electron chi connectivity index (χ2n) is 8.91. The number of ketones is 1. The van der Waals surface area contributed by atoms with Gasteiger partial charge < -0.3 is 24.4 Å². The molecule has 0 radical (unpaired) electrons. The molecule has 36 heavy (non-hydrogen) atoms. The monoisotopic (exact) mass is 486 g/mol. The molecule has 0 saturated carbocycles. The Morgan fingerprint density at radius 2 is 2.00 bits per heavy atom. The lowest BCUT2D eigenvalue weighted by Gasteiger charge is -2.37. The minimum Gasteiger partial charge on any atom is -0.508 e. The number of rotatable bonds is 6. The first-order chi connectivity index (χ1) is 17.5. The SMILES string of the molecule is COc1ccccc1[C@H]1CC(=O)C2=C(C1)NC(C)=C(C(=O)OCc1ccno1)[C@H]2c1cccc(O)c1. The van der Waals surface area contributed by atoms with Gasteiger partial charge in [-0.05, 0) is 42.7 Å². The molecule has 2 N–H and O–H groups in total. The summed E-state index contributed by atoms with van der Waals surface area (Å²) in [6.45, 7) is 1.71. The summed E-state index contributed by atoms with van der Waals surface area (Å²) >= 11 is 0. The lowest BCUT2D eigenvalue weighted by molar-refractivity contribution is -0.141. The number of nitrogens with zero attached hydrogens (tertiary/aromatic N) is 1. The number of para-hydroxylation sites is 1. The summed E-state index contributed by atoms with van der Waals surface area (Å²) in [7, 11) is 1.62. The Hall–Kier alpha value is -4.33. The number of aromatic hydroxyl groups is 1. The van der Waals surface area contributed by atoms with Gasteiger partial charge in [-0.1, -0.05) is 35.5 Å². The summed E-state index contributed by atoms with van der Waals surface area (Å²) in [5.41, 5.74) is 3.80. The molecule has 3 aromatic rings. The van der Waals surface area contributed by atoms with Crippen LogP contribution in [0.3, 0.4) is 0 Å². The Bertz CT molecular complexity index is 1370. The summed E-state index contributed by atoms with van der Waals surface area (Å²) in [6, 6.07) is 16.0. The molecular weight excluding hydrogens is 460 g/mol. The standard InChI is InChI=1S/C28H26N2O6/c1-16-25(28(33)35-15-20-10-11-29-36-20)26(17-6-5-7-19(31)12-17)27-22(30-16)13-18(14-23(27)32)21-8-3-4-9-24(21)34-2/h3-12,18,26,30-31H,13-15H2,1-2H3/t18-,26-/m1/s1. The van der Waals surface area contributed by atoms with Crippen LogP contribution in [0.2, 0.25) is 0 Å².